The Morgan fingerprint density at radius 3 is 1.44 bits per heavy atom. The maximum Gasteiger partial charge on any atom is 0.248 e. The Morgan fingerprint density at radius 2 is 1.00 bits per heavy atom. The fourth-order valence-corrected chi connectivity index (χ4v) is 8.28. The molecule has 0 radical (unpaired) electrons. The molecule has 43 heavy (non-hydrogen) atoms. The van der Waals surface area contributed by atoms with E-state index in [0.29, 0.717) is 12.8 Å². The van der Waals surface area contributed by atoms with Crippen LogP contribution in [0, 0.1) is 0 Å². The van der Waals surface area contributed by atoms with Crippen LogP contribution in [0.15, 0.2) is 82.8 Å². The molecule has 0 unspecified atom stereocenters. The summed E-state index contributed by atoms with van der Waals surface area (Å²) in [5.74, 6) is -0.125. The zero-order valence-electron chi connectivity index (χ0n) is 24.7. The number of hydrogen-bond donors (Lipinski definition) is 0. The summed E-state index contributed by atoms with van der Waals surface area (Å²) in [5, 5.41) is 4.81. The zero-order chi connectivity index (χ0) is 29.8. The summed E-state index contributed by atoms with van der Waals surface area (Å²) < 4.78 is 6.63. The molecule has 0 spiro atoms. The lowest BCUT2D eigenvalue weighted by atomic mass is 10.1. The van der Waals surface area contributed by atoms with Crippen LogP contribution >= 0.6 is 22.7 Å². The second kappa shape index (κ2) is 13.2. The molecule has 0 saturated carbocycles. The maximum absolute atomic E-state index is 12.7. The first-order valence-corrected chi connectivity index (χ1v) is 16.9. The van der Waals surface area contributed by atoms with Crippen LogP contribution < -0.4 is 9.60 Å². The highest BCUT2D eigenvalue weighted by molar-refractivity contribution is 7.17. The molecule has 220 valence electrons. The van der Waals surface area contributed by atoms with Gasteiger partial charge in [-0.3, -0.25) is 9.59 Å². The number of rotatable bonds is 10. The lowest BCUT2D eigenvalue weighted by Gasteiger charge is -2.02. The monoisotopic (exact) mass is 608 g/mol. The van der Waals surface area contributed by atoms with Gasteiger partial charge in [0.2, 0.25) is 11.8 Å². The number of thiazole rings is 2. The predicted octanol–water partition coefficient (Wildman–Crippen LogP) is 8.35. The summed E-state index contributed by atoms with van der Waals surface area (Å²) in [6.45, 7) is 5.73. The van der Waals surface area contributed by atoms with Crippen molar-refractivity contribution in [3.63, 3.8) is 0 Å². The third-order valence-corrected chi connectivity index (χ3v) is 10.3. The van der Waals surface area contributed by atoms with E-state index in [0.717, 1.165) is 65.8 Å². The van der Waals surface area contributed by atoms with Crippen molar-refractivity contribution in [2.45, 2.75) is 71.9 Å². The minimum atomic E-state index is -0.0626. The molecule has 2 amide bonds. The fourth-order valence-electron chi connectivity index (χ4n) is 5.79. The van der Waals surface area contributed by atoms with Crippen molar-refractivity contribution in [3.05, 3.63) is 82.4 Å². The Hall–Kier alpha value is -3.88. The molecule has 2 heterocycles. The summed E-state index contributed by atoms with van der Waals surface area (Å²) in [6.07, 6.45) is 5.43. The standard InChI is InChI=1S/C35H36N4O2S2/c1-3-38-28-22-20-24-14-10-12-16-26(24)32(28)42-34(38)36-30(40)18-8-6-5-7-9-19-31(41)37-35-39(4-2)29-23-21-25-15-11-13-17-27(25)33(29)43-35/h10-17,20-23H,3-9,18-19H2,1-2H3. The van der Waals surface area contributed by atoms with Crippen molar-refractivity contribution in [1.82, 2.24) is 9.13 Å². The van der Waals surface area contributed by atoms with Gasteiger partial charge in [0.25, 0.3) is 0 Å². The molecule has 2 aromatic heterocycles. The van der Waals surface area contributed by atoms with Gasteiger partial charge in [-0.2, -0.15) is 9.98 Å². The van der Waals surface area contributed by atoms with Crippen molar-refractivity contribution >= 4 is 76.5 Å². The van der Waals surface area contributed by atoms with Crippen molar-refractivity contribution in [3.8, 4) is 0 Å². The van der Waals surface area contributed by atoms with Crippen LogP contribution in [-0.2, 0) is 22.7 Å². The number of amides is 2. The smallest absolute Gasteiger partial charge is 0.248 e. The number of aromatic nitrogens is 2. The van der Waals surface area contributed by atoms with Gasteiger partial charge in [-0.25, -0.2) is 0 Å². The highest BCUT2D eigenvalue weighted by Crippen LogP contribution is 2.29. The Morgan fingerprint density at radius 1 is 0.581 bits per heavy atom. The SMILES string of the molecule is CCn1c(=NC(=O)CCCCCCCC(=O)N=c2sc3c4ccccc4ccc3n2CC)sc2c3ccccc3ccc21. The number of aryl methyl sites for hydroxylation is 2. The molecule has 0 N–H and O–H groups in total. The van der Waals surface area contributed by atoms with Crippen molar-refractivity contribution in [1.29, 1.82) is 0 Å². The molecule has 0 saturated heterocycles. The van der Waals surface area contributed by atoms with Gasteiger partial charge in [-0.15, -0.1) is 0 Å². The molecule has 0 fully saturated rings. The van der Waals surface area contributed by atoms with Gasteiger partial charge >= 0.3 is 0 Å². The van der Waals surface area contributed by atoms with Crippen LogP contribution in [0.25, 0.3) is 42.0 Å². The highest BCUT2D eigenvalue weighted by atomic mass is 32.1. The Balaban J connectivity index is 1.01. The number of carbonyl (C=O) groups excluding carboxylic acids is 2. The van der Waals surface area contributed by atoms with E-state index in [1.54, 1.807) is 22.7 Å². The predicted molar refractivity (Wildman–Crippen MR) is 179 cm³/mol. The zero-order valence-corrected chi connectivity index (χ0v) is 26.3. The van der Waals surface area contributed by atoms with Crippen LogP contribution in [0.1, 0.15) is 58.8 Å². The van der Waals surface area contributed by atoms with Gasteiger partial charge in [-0.05, 0) is 49.6 Å². The molecule has 4 aromatic carbocycles. The molecule has 0 aliphatic carbocycles. The molecule has 6 nitrogen and oxygen atoms in total. The van der Waals surface area contributed by atoms with Crippen LogP contribution in [0.5, 0.6) is 0 Å². The second-order valence-electron chi connectivity index (χ2n) is 10.8. The lowest BCUT2D eigenvalue weighted by molar-refractivity contribution is -0.118. The number of nitrogens with zero attached hydrogens (tertiary/aromatic N) is 4. The van der Waals surface area contributed by atoms with E-state index in [1.165, 1.54) is 30.9 Å². The van der Waals surface area contributed by atoms with Crippen LogP contribution in [-0.4, -0.2) is 20.9 Å². The minimum Gasteiger partial charge on any atom is -0.317 e. The van der Waals surface area contributed by atoms with Gasteiger partial charge in [0.05, 0.1) is 20.4 Å². The summed E-state index contributed by atoms with van der Waals surface area (Å²) in [4.78, 5) is 36.0. The number of unbranched alkanes of at least 4 members (excludes halogenated alkanes) is 4. The molecule has 0 aliphatic heterocycles. The number of carbonyl (C=O) groups is 2. The van der Waals surface area contributed by atoms with Crippen LogP contribution in [0.4, 0.5) is 0 Å². The lowest BCUT2D eigenvalue weighted by Crippen LogP contribution is -2.15. The summed E-state index contributed by atoms with van der Waals surface area (Å²) in [5.41, 5.74) is 2.26. The average Bonchev–Trinajstić information content (AvgIpc) is 3.57. The maximum atomic E-state index is 12.7. The number of fused-ring (bicyclic) bond motifs is 6. The molecule has 6 rings (SSSR count). The van der Waals surface area contributed by atoms with E-state index in [4.69, 9.17) is 0 Å². The Bertz CT molecular complexity index is 1940. The molecule has 0 aliphatic rings. The molecule has 0 bridgehead atoms. The first-order valence-electron chi connectivity index (χ1n) is 15.2. The van der Waals surface area contributed by atoms with E-state index in [1.807, 2.05) is 12.1 Å². The molecular weight excluding hydrogens is 573 g/mol. The quantitative estimate of drug-likeness (QED) is 0.147. The number of benzene rings is 4. The van der Waals surface area contributed by atoms with E-state index < -0.39 is 0 Å². The van der Waals surface area contributed by atoms with Crippen LogP contribution in [0.2, 0.25) is 0 Å². The van der Waals surface area contributed by atoms with Crippen LogP contribution in [0.3, 0.4) is 0 Å². The van der Waals surface area contributed by atoms with Gasteiger partial charge in [0.1, 0.15) is 0 Å². The summed E-state index contributed by atoms with van der Waals surface area (Å²) >= 11 is 3.19. The third kappa shape index (κ3) is 6.12. The number of hydrogen-bond acceptors (Lipinski definition) is 4. The largest absolute Gasteiger partial charge is 0.317 e. The highest BCUT2D eigenvalue weighted by Gasteiger charge is 2.11. The summed E-state index contributed by atoms with van der Waals surface area (Å²) in [6, 6.07) is 25.2. The second-order valence-corrected chi connectivity index (χ2v) is 12.8. The molecular formula is C35H36N4O2S2. The average molecular weight is 609 g/mol. The third-order valence-electron chi connectivity index (χ3n) is 8.00. The topological polar surface area (TPSA) is 68.7 Å². The van der Waals surface area contributed by atoms with Crippen molar-refractivity contribution in [2.24, 2.45) is 9.98 Å². The molecule has 8 heteroatoms. The molecule has 6 aromatic rings. The van der Waals surface area contributed by atoms with Gasteiger partial charge in [0.15, 0.2) is 9.60 Å². The van der Waals surface area contributed by atoms with Gasteiger partial charge < -0.3 is 9.13 Å². The van der Waals surface area contributed by atoms with Crippen molar-refractivity contribution < 1.29 is 9.59 Å². The molecule has 0 atom stereocenters. The minimum absolute atomic E-state index is 0.0626. The fraction of sp³-hybridized carbons (Fsp3) is 0.314. The Kier molecular flexibility index (Phi) is 8.95. The van der Waals surface area contributed by atoms with E-state index in [9.17, 15) is 9.59 Å². The van der Waals surface area contributed by atoms with Gasteiger partial charge in [0, 0.05) is 36.7 Å². The first kappa shape index (κ1) is 29.2. The Labute approximate surface area is 258 Å². The summed E-state index contributed by atoms with van der Waals surface area (Å²) in [7, 11) is 0. The van der Waals surface area contributed by atoms with E-state index >= 15 is 0 Å². The normalized spacial score (nSPS) is 12.8. The van der Waals surface area contributed by atoms with E-state index in [2.05, 4.69) is 93.6 Å². The van der Waals surface area contributed by atoms with Gasteiger partial charge in [-0.1, -0.05) is 103 Å². The first-order chi connectivity index (χ1) is 21.1. The van der Waals surface area contributed by atoms with Crippen molar-refractivity contribution in [2.75, 3.05) is 0 Å². The van der Waals surface area contributed by atoms with E-state index in [-0.39, 0.29) is 11.8 Å².